The van der Waals surface area contributed by atoms with Gasteiger partial charge in [-0.3, -0.25) is 4.79 Å². The summed E-state index contributed by atoms with van der Waals surface area (Å²) in [6.07, 6.45) is 0. The number of ether oxygens (including phenoxy) is 2. The number of hydrogen-bond donors (Lipinski definition) is 1. The van der Waals surface area contributed by atoms with E-state index in [0.717, 1.165) is 4.88 Å². The minimum atomic E-state index is -0.526. The van der Waals surface area contributed by atoms with Gasteiger partial charge in [-0.15, -0.1) is 11.3 Å². The van der Waals surface area contributed by atoms with Crippen molar-refractivity contribution in [3.8, 4) is 11.5 Å². The molecule has 1 heterocycles. The third-order valence-corrected chi connectivity index (χ3v) is 3.90. The molecule has 0 radical (unpaired) electrons. The zero-order valence-electron chi connectivity index (χ0n) is 11.8. The van der Waals surface area contributed by atoms with E-state index < -0.39 is 5.82 Å². The maximum Gasteiger partial charge on any atom is 0.258 e. The Bertz CT molecular complexity index is 601. The van der Waals surface area contributed by atoms with Crippen LogP contribution < -0.4 is 14.8 Å². The van der Waals surface area contributed by atoms with Crippen LogP contribution in [0.25, 0.3) is 0 Å². The van der Waals surface area contributed by atoms with E-state index in [1.54, 1.807) is 17.4 Å². The van der Waals surface area contributed by atoms with Gasteiger partial charge in [0.2, 0.25) is 0 Å². The first-order valence-corrected chi connectivity index (χ1v) is 7.27. The summed E-state index contributed by atoms with van der Waals surface area (Å²) in [5.74, 6) is -0.361. The van der Waals surface area contributed by atoms with Gasteiger partial charge in [-0.1, -0.05) is 6.07 Å². The van der Waals surface area contributed by atoms with Crippen molar-refractivity contribution in [3.63, 3.8) is 0 Å². The molecule has 0 saturated carbocycles. The van der Waals surface area contributed by atoms with Gasteiger partial charge >= 0.3 is 0 Å². The number of amides is 1. The molecule has 0 aliphatic heterocycles. The maximum absolute atomic E-state index is 13.5. The molecule has 1 unspecified atom stereocenters. The Kier molecular flexibility index (Phi) is 5.16. The van der Waals surface area contributed by atoms with Crippen LogP contribution in [0.5, 0.6) is 11.5 Å². The van der Waals surface area contributed by atoms with E-state index in [0.29, 0.717) is 0 Å². The number of carbonyl (C=O) groups is 1. The third-order valence-electron chi connectivity index (χ3n) is 2.84. The van der Waals surface area contributed by atoms with Crippen molar-refractivity contribution >= 4 is 17.2 Å². The van der Waals surface area contributed by atoms with Gasteiger partial charge in [0.05, 0.1) is 13.2 Å². The van der Waals surface area contributed by atoms with Crippen LogP contribution in [0.2, 0.25) is 0 Å². The summed E-state index contributed by atoms with van der Waals surface area (Å²) in [6.45, 7) is 1.73. The molecule has 0 spiro atoms. The fourth-order valence-electron chi connectivity index (χ4n) is 1.78. The average molecular weight is 309 g/mol. The van der Waals surface area contributed by atoms with Gasteiger partial charge in [0, 0.05) is 10.9 Å². The van der Waals surface area contributed by atoms with Gasteiger partial charge in [-0.25, -0.2) is 4.39 Å². The molecular formula is C15H16FNO3S. The van der Waals surface area contributed by atoms with Crippen molar-refractivity contribution < 1.29 is 18.7 Å². The topological polar surface area (TPSA) is 47.6 Å². The van der Waals surface area contributed by atoms with Crippen LogP contribution in [-0.4, -0.2) is 19.6 Å². The molecule has 0 fully saturated rings. The highest BCUT2D eigenvalue weighted by molar-refractivity contribution is 7.10. The summed E-state index contributed by atoms with van der Waals surface area (Å²) in [4.78, 5) is 12.8. The van der Waals surface area contributed by atoms with Crippen molar-refractivity contribution in [2.24, 2.45) is 0 Å². The second kappa shape index (κ2) is 7.08. The van der Waals surface area contributed by atoms with E-state index in [1.807, 2.05) is 24.4 Å². The van der Waals surface area contributed by atoms with Crippen LogP contribution >= 0.6 is 11.3 Å². The first kappa shape index (κ1) is 15.3. The lowest BCUT2D eigenvalue weighted by Crippen LogP contribution is -2.30. The standard InChI is InChI=1S/C15H16FNO3S/c1-10(14-4-3-7-21-14)17-15(18)9-20-11-5-6-13(19-2)12(16)8-11/h3-8,10H,9H2,1-2H3,(H,17,18). The highest BCUT2D eigenvalue weighted by Crippen LogP contribution is 2.22. The molecule has 1 N–H and O–H groups in total. The second-order valence-electron chi connectivity index (χ2n) is 4.39. The summed E-state index contributed by atoms with van der Waals surface area (Å²) >= 11 is 1.57. The zero-order valence-corrected chi connectivity index (χ0v) is 12.6. The quantitative estimate of drug-likeness (QED) is 0.891. The largest absolute Gasteiger partial charge is 0.494 e. The van der Waals surface area contributed by atoms with Crippen LogP contribution in [0.1, 0.15) is 17.8 Å². The van der Waals surface area contributed by atoms with Gasteiger partial charge in [0.25, 0.3) is 5.91 Å². The lowest BCUT2D eigenvalue weighted by molar-refractivity contribution is -0.123. The number of thiophene rings is 1. The fraction of sp³-hybridized carbons (Fsp3) is 0.267. The first-order chi connectivity index (χ1) is 10.1. The smallest absolute Gasteiger partial charge is 0.258 e. The molecule has 1 aromatic carbocycles. The number of carbonyl (C=O) groups excluding carboxylic acids is 1. The van der Waals surface area contributed by atoms with Crippen molar-refractivity contribution in [2.75, 3.05) is 13.7 Å². The summed E-state index contributed by atoms with van der Waals surface area (Å²) in [7, 11) is 1.39. The Labute approximate surface area is 126 Å². The van der Waals surface area contributed by atoms with Crippen molar-refractivity contribution in [3.05, 3.63) is 46.4 Å². The number of halogens is 1. The van der Waals surface area contributed by atoms with Crippen molar-refractivity contribution in [1.29, 1.82) is 0 Å². The van der Waals surface area contributed by atoms with Crippen molar-refractivity contribution in [2.45, 2.75) is 13.0 Å². The van der Waals surface area contributed by atoms with E-state index >= 15 is 0 Å². The molecule has 4 nitrogen and oxygen atoms in total. The van der Waals surface area contributed by atoms with Gasteiger partial charge < -0.3 is 14.8 Å². The summed E-state index contributed by atoms with van der Waals surface area (Å²) in [6, 6.07) is 8.01. The van der Waals surface area contributed by atoms with Gasteiger partial charge in [0.15, 0.2) is 18.2 Å². The minimum absolute atomic E-state index is 0.0753. The molecule has 2 rings (SSSR count). The molecule has 0 bridgehead atoms. The lowest BCUT2D eigenvalue weighted by atomic mass is 10.3. The average Bonchev–Trinajstić information content (AvgIpc) is 2.99. The van der Waals surface area contributed by atoms with E-state index in [1.165, 1.54) is 19.2 Å². The maximum atomic E-state index is 13.5. The summed E-state index contributed by atoms with van der Waals surface area (Å²) in [5, 5.41) is 4.77. The minimum Gasteiger partial charge on any atom is -0.494 e. The predicted molar refractivity (Wildman–Crippen MR) is 79.3 cm³/mol. The van der Waals surface area contributed by atoms with Crippen LogP contribution in [0.3, 0.4) is 0 Å². The summed E-state index contributed by atoms with van der Waals surface area (Å²) in [5.41, 5.74) is 0. The SMILES string of the molecule is COc1ccc(OCC(=O)NC(C)c2cccs2)cc1F. The van der Waals surface area contributed by atoms with Crippen molar-refractivity contribution in [1.82, 2.24) is 5.32 Å². The summed E-state index contributed by atoms with van der Waals surface area (Å²) < 4.78 is 23.5. The van der Waals surface area contributed by atoms with E-state index in [-0.39, 0.29) is 30.1 Å². The van der Waals surface area contributed by atoms with Crippen LogP contribution in [0, 0.1) is 5.82 Å². The number of hydrogen-bond acceptors (Lipinski definition) is 4. The molecule has 0 aliphatic rings. The molecule has 1 amide bonds. The first-order valence-electron chi connectivity index (χ1n) is 6.39. The van der Waals surface area contributed by atoms with Gasteiger partial charge in [-0.05, 0) is 30.5 Å². The molecule has 6 heteroatoms. The predicted octanol–water partition coefficient (Wildman–Crippen LogP) is 3.15. The molecule has 1 atom stereocenters. The van der Waals surface area contributed by atoms with Crippen LogP contribution in [0.4, 0.5) is 4.39 Å². The lowest BCUT2D eigenvalue weighted by Gasteiger charge is -2.13. The molecule has 21 heavy (non-hydrogen) atoms. The number of methoxy groups -OCH3 is 1. The van der Waals surface area contributed by atoms with E-state index in [2.05, 4.69) is 5.32 Å². The Morgan fingerprint density at radius 3 is 2.86 bits per heavy atom. The number of benzene rings is 1. The molecular weight excluding hydrogens is 293 g/mol. The Morgan fingerprint density at radius 2 is 2.24 bits per heavy atom. The molecule has 0 saturated heterocycles. The number of rotatable bonds is 6. The van der Waals surface area contributed by atoms with E-state index in [4.69, 9.17) is 9.47 Å². The Morgan fingerprint density at radius 1 is 1.43 bits per heavy atom. The monoisotopic (exact) mass is 309 g/mol. The highest BCUT2D eigenvalue weighted by atomic mass is 32.1. The Hall–Kier alpha value is -2.08. The second-order valence-corrected chi connectivity index (χ2v) is 5.37. The van der Waals surface area contributed by atoms with E-state index in [9.17, 15) is 9.18 Å². The fourth-order valence-corrected chi connectivity index (χ4v) is 2.51. The van der Waals surface area contributed by atoms with Gasteiger partial charge in [0.1, 0.15) is 5.75 Å². The van der Waals surface area contributed by atoms with Crippen LogP contribution in [-0.2, 0) is 4.79 Å². The van der Waals surface area contributed by atoms with Gasteiger partial charge in [-0.2, -0.15) is 0 Å². The van der Waals surface area contributed by atoms with Crippen LogP contribution in [0.15, 0.2) is 35.7 Å². The Balaban J connectivity index is 1.85. The normalized spacial score (nSPS) is 11.8. The number of nitrogens with one attached hydrogen (secondary N) is 1. The third kappa shape index (κ3) is 4.19. The molecule has 2 aromatic rings. The molecule has 1 aromatic heterocycles. The zero-order chi connectivity index (χ0) is 15.2. The molecule has 0 aliphatic carbocycles. The molecule has 112 valence electrons. The highest BCUT2D eigenvalue weighted by Gasteiger charge is 2.11.